The Morgan fingerprint density at radius 3 is 2.45 bits per heavy atom. The molecule has 0 saturated carbocycles. The lowest BCUT2D eigenvalue weighted by Crippen LogP contribution is -1.98. The number of aromatic nitrogens is 2. The number of aryl methyl sites for hydroxylation is 3. The Bertz CT molecular complexity index is 739. The molecule has 1 aromatic heterocycles. The largest absolute Gasteiger partial charge is 0.486 e. The Morgan fingerprint density at radius 2 is 1.70 bits per heavy atom. The zero-order valence-electron chi connectivity index (χ0n) is 12.0. The minimum absolute atomic E-state index is 0.455. The topological polar surface area (TPSA) is 37.9 Å². The predicted molar refractivity (Wildman–Crippen MR) is 81.1 cm³/mol. The predicted octanol–water partition coefficient (Wildman–Crippen LogP) is 4.07. The molecule has 0 bridgehead atoms. The summed E-state index contributed by atoms with van der Waals surface area (Å²) in [4.78, 5) is 7.83. The minimum Gasteiger partial charge on any atom is -0.486 e. The summed E-state index contributed by atoms with van der Waals surface area (Å²) in [7, 11) is 0. The first kappa shape index (κ1) is 12.7. The van der Waals surface area contributed by atoms with E-state index in [1.807, 2.05) is 18.2 Å². The Labute approximate surface area is 118 Å². The van der Waals surface area contributed by atoms with Gasteiger partial charge in [-0.15, -0.1) is 0 Å². The number of aromatic amines is 1. The van der Waals surface area contributed by atoms with Crippen LogP contribution in [0.2, 0.25) is 0 Å². The monoisotopic (exact) mass is 266 g/mol. The van der Waals surface area contributed by atoms with Crippen molar-refractivity contribution in [3.8, 4) is 5.75 Å². The number of hydrogen-bond donors (Lipinski definition) is 1. The van der Waals surface area contributed by atoms with E-state index in [2.05, 4.69) is 48.9 Å². The SMILES string of the molecule is Cc1cc(C)cc(OCc2nc3ccc(C)cc3[nH]2)c1. The van der Waals surface area contributed by atoms with Crippen LogP contribution in [-0.4, -0.2) is 9.97 Å². The van der Waals surface area contributed by atoms with Crippen molar-refractivity contribution < 1.29 is 4.74 Å². The summed E-state index contributed by atoms with van der Waals surface area (Å²) in [5.41, 5.74) is 5.68. The van der Waals surface area contributed by atoms with E-state index in [0.717, 1.165) is 22.6 Å². The summed E-state index contributed by atoms with van der Waals surface area (Å²) >= 11 is 0. The van der Waals surface area contributed by atoms with Crippen LogP contribution in [0.25, 0.3) is 11.0 Å². The van der Waals surface area contributed by atoms with Gasteiger partial charge in [0.15, 0.2) is 0 Å². The lowest BCUT2D eigenvalue weighted by atomic mass is 10.1. The van der Waals surface area contributed by atoms with Crippen molar-refractivity contribution in [1.29, 1.82) is 0 Å². The van der Waals surface area contributed by atoms with E-state index in [4.69, 9.17) is 4.74 Å². The van der Waals surface area contributed by atoms with Crippen LogP contribution in [0.5, 0.6) is 5.75 Å². The van der Waals surface area contributed by atoms with E-state index in [9.17, 15) is 0 Å². The summed E-state index contributed by atoms with van der Waals surface area (Å²) in [6.07, 6.45) is 0. The van der Waals surface area contributed by atoms with Crippen LogP contribution in [0.4, 0.5) is 0 Å². The van der Waals surface area contributed by atoms with Crippen LogP contribution in [0.3, 0.4) is 0 Å². The number of hydrogen-bond acceptors (Lipinski definition) is 2. The van der Waals surface area contributed by atoms with E-state index in [-0.39, 0.29) is 0 Å². The molecule has 20 heavy (non-hydrogen) atoms. The van der Waals surface area contributed by atoms with E-state index >= 15 is 0 Å². The first-order chi connectivity index (χ1) is 9.60. The molecule has 2 aromatic carbocycles. The van der Waals surface area contributed by atoms with Gasteiger partial charge in [-0.2, -0.15) is 0 Å². The number of imidazole rings is 1. The molecule has 1 heterocycles. The van der Waals surface area contributed by atoms with Gasteiger partial charge in [-0.1, -0.05) is 12.1 Å². The molecule has 0 radical (unpaired) electrons. The van der Waals surface area contributed by atoms with Crippen molar-refractivity contribution in [2.75, 3.05) is 0 Å². The number of ether oxygens (including phenoxy) is 1. The highest BCUT2D eigenvalue weighted by molar-refractivity contribution is 5.75. The van der Waals surface area contributed by atoms with Crippen molar-refractivity contribution in [3.05, 3.63) is 58.9 Å². The Balaban J connectivity index is 1.79. The highest BCUT2D eigenvalue weighted by atomic mass is 16.5. The fourth-order valence-corrected chi connectivity index (χ4v) is 2.41. The van der Waals surface area contributed by atoms with Crippen molar-refractivity contribution in [3.63, 3.8) is 0 Å². The highest BCUT2D eigenvalue weighted by Gasteiger charge is 2.04. The number of nitrogens with zero attached hydrogens (tertiary/aromatic N) is 1. The third kappa shape index (κ3) is 2.67. The van der Waals surface area contributed by atoms with Gasteiger partial charge in [0.2, 0.25) is 0 Å². The van der Waals surface area contributed by atoms with Gasteiger partial charge in [0, 0.05) is 0 Å². The second kappa shape index (κ2) is 5.00. The Kier molecular flexibility index (Phi) is 3.18. The third-order valence-corrected chi connectivity index (χ3v) is 3.26. The van der Waals surface area contributed by atoms with Crippen LogP contribution in [0.15, 0.2) is 36.4 Å². The molecule has 0 spiro atoms. The number of fused-ring (bicyclic) bond motifs is 1. The van der Waals surface area contributed by atoms with E-state index in [1.54, 1.807) is 0 Å². The van der Waals surface area contributed by atoms with Gasteiger partial charge in [-0.25, -0.2) is 4.98 Å². The standard InChI is InChI=1S/C17H18N2O/c1-11-4-5-15-16(9-11)19-17(18-15)10-20-14-7-12(2)6-13(3)8-14/h4-9H,10H2,1-3H3,(H,18,19). The molecule has 0 aliphatic carbocycles. The zero-order chi connectivity index (χ0) is 14.1. The molecular weight excluding hydrogens is 248 g/mol. The maximum Gasteiger partial charge on any atom is 0.146 e. The van der Waals surface area contributed by atoms with Gasteiger partial charge in [0.05, 0.1) is 11.0 Å². The van der Waals surface area contributed by atoms with Crippen molar-refractivity contribution in [2.24, 2.45) is 0 Å². The van der Waals surface area contributed by atoms with Gasteiger partial charge in [-0.05, 0) is 61.7 Å². The molecule has 3 nitrogen and oxygen atoms in total. The van der Waals surface area contributed by atoms with Crippen LogP contribution >= 0.6 is 0 Å². The smallest absolute Gasteiger partial charge is 0.146 e. The van der Waals surface area contributed by atoms with Gasteiger partial charge in [0.1, 0.15) is 18.2 Å². The zero-order valence-corrected chi connectivity index (χ0v) is 12.0. The molecule has 102 valence electrons. The Hall–Kier alpha value is -2.29. The fraction of sp³-hybridized carbons (Fsp3) is 0.235. The maximum absolute atomic E-state index is 5.82. The molecule has 0 saturated heterocycles. The molecule has 0 amide bonds. The second-order valence-corrected chi connectivity index (χ2v) is 5.32. The first-order valence-corrected chi connectivity index (χ1v) is 6.76. The van der Waals surface area contributed by atoms with Crippen molar-refractivity contribution in [2.45, 2.75) is 27.4 Å². The van der Waals surface area contributed by atoms with Crippen LogP contribution in [0, 0.1) is 20.8 Å². The number of nitrogens with one attached hydrogen (secondary N) is 1. The average molecular weight is 266 g/mol. The highest BCUT2D eigenvalue weighted by Crippen LogP contribution is 2.18. The molecule has 0 fully saturated rings. The number of rotatable bonds is 3. The normalized spacial score (nSPS) is 10.9. The van der Waals surface area contributed by atoms with Crippen LogP contribution in [-0.2, 0) is 6.61 Å². The molecule has 1 N–H and O–H groups in total. The van der Waals surface area contributed by atoms with Gasteiger partial charge >= 0.3 is 0 Å². The maximum atomic E-state index is 5.82. The van der Waals surface area contributed by atoms with Crippen LogP contribution < -0.4 is 4.74 Å². The summed E-state index contributed by atoms with van der Waals surface area (Å²) in [6, 6.07) is 12.4. The second-order valence-electron chi connectivity index (χ2n) is 5.32. The number of H-pyrrole nitrogens is 1. The fourth-order valence-electron chi connectivity index (χ4n) is 2.41. The molecule has 3 heteroatoms. The quantitative estimate of drug-likeness (QED) is 0.776. The molecule has 3 aromatic rings. The summed E-state index contributed by atoms with van der Waals surface area (Å²) in [5.74, 6) is 1.74. The molecule has 0 aliphatic rings. The van der Waals surface area contributed by atoms with Crippen molar-refractivity contribution in [1.82, 2.24) is 9.97 Å². The lowest BCUT2D eigenvalue weighted by molar-refractivity contribution is 0.297. The van der Waals surface area contributed by atoms with Gasteiger partial charge in [-0.3, -0.25) is 0 Å². The third-order valence-electron chi connectivity index (χ3n) is 3.26. The van der Waals surface area contributed by atoms with Gasteiger partial charge in [0.25, 0.3) is 0 Å². The molecule has 3 rings (SSSR count). The van der Waals surface area contributed by atoms with E-state index < -0.39 is 0 Å². The average Bonchev–Trinajstić information content (AvgIpc) is 2.77. The summed E-state index contributed by atoms with van der Waals surface area (Å²) in [6.45, 7) is 6.68. The number of benzene rings is 2. The summed E-state index contributed by atoms with van der Waals surface area (Å²) in [5, 5.41) is 0. The van der Waals surface area contributed by atoms with Crippen molar-refractivity contribution >= 4 is 11.0 Å². The molecule has 0 atom stereocenters. The minimum atomic E-state index is 0.455. The lowest BCUT2D eigenvalue weighted by Gasteiger charge is -2.06. The van der Waals surface area contributed by atoms with E-state index in [1.165, 1.54) is 16.7 Å². The van der Waals surface area contributed by atoms with Crippen LogP contribution in [0.1, 0.15) is 22.5 Å². The molecular formula is C17H18N2O. The van der Waals surface area contributed by atoms with Gasteiger partial charge < -0.3 is 9.72 Å². The van der Waals surface area contributed by atoms with E-state index in [0.29, 0.717) is 6.61 Å². The molecule has 0 aliphatic heterocycles. The Morgan fingerprint density at radius 1 is 0.950 bits per heavy atom. The molecule has 0 unspecified atom stereocenters. The first-order valence-electron chi connectivity index (χ1n) is 6.76. The summed E-state index contributed by atoms with van der Waals surface area (Å²) < 4.78 is 5.82.